The van der Waals surface area contributed by atoms with E-state index in [0.717, 1.165) is 30.0 Å². The van der Waals surface area contributed by atoms with Gasteiger partial charge in [-0.25, -0.2) is 0 Å². The zero-order valence-electron chi connectivity index (χ0n) is 8.61. The lowest BCUT2D eigenvalue weighted by Crippen LogP contribution is -2.13. The summed E-state index contributed by atoms with van der Waals surface area (Å²) in [6, 6.07) is 0.604. The third-order valence-corrected chi connectivity index (χ3v) is 3.41. The SMILES string of the molecule is S=c1[nH]nc(CC2CCCO2)n1C1CC1. The lowest BCUT2D eigenvalue weighted by atomic mass is 10.2. The number of rotatable bonds is 3. The average molecular weight is 225 g/mol. The van der Waals surface area contributed by atoms with E-state index in [4.69, 9.17) is 17.0 Å². The highest BCUT2D eigenvalue weighted by molar-refractivity contribution is 7.71. The summed E-state index contributed by atoms with van der Waals surface area (Å²) in [6.07, 6.45) is 6.08. The molecular weight excluding hydrogens is 210 g/mol. The Morgan fingerprint density at radius 2 is 2.33 bits per heavy atom. The molecule has 1 unspecified atom stereocenters. The summed E-state index contributed by atoms with van der Waals surface area (Å²) < 4.78 is 8.57. The van der Waals surface area contributed by atoms with E-state index in [2.05, 4.69) is 14.8 Å². The van der Waals surface area contributed by atoms with Crippen LogP contribution in [0.5, 0.6) is 0 Å². The maximum atomic E-state index is 5.62. The quantitative estimate of drug-likeness (QED) is 0.800. The van der Waals surface area contributed by atoms with E-state index >= 15 is 0 Å². The number of aromatic amines is 1. The van der Waals surface area contributed by atoms with Gasteiger partial charge in [0, 0.05) is 19.1 Å². The molecule has 0 aromatic carbocycles. The van der Waals surface area contributed by atoms with Crippen molar-refractivity contribution >= 4 is 12.2 Å². The average Bonchev–Trinajstić information content (AvgIpc) is 2.80. The maximum absolute atomic E-state index is 5.62. The van der Waals surface area contributed by atoms with Crippen LogP contribution in [-0.4, -0.2) is 27.5 Å². The molecular formula is C10H15N3OS. The second kappa shape index (κ2) is 3.72. The highest BCUT2D eigenvalue weighted by Gasteiger charge is 2.28. The molecule has 0 spiro atoms. The second-order valence-electron chi connectivity index (χ2n) is 4.39. The van der Waals surface area contributed by atoms with E-state index in [1.54, 1.807) is 0 Å². The van der Waals surface area contributed by atoms with Crippen molar-refractivity contribution in [1.29, 1.82) is 0 Å². The predicted octanol–water partition coefficient (Wildman–Crippen LogP) is 2.00. The molecule has 15 heavy (non-hydrogen) atoms. The summed E-state index contributed by atoms with van der Waals surface area (Å²) in [5.41, 5.74) is 0. The Labute approximate surface area is 93.6 Å². The Balaban J connectivity index is 1.81. The number of H-pyrrole nitrogens is 1. The summed E-state index contributed by atoms with van der Waals surface area (Å²) in [5.74, 6) is 1.08. The summed E-state index contributed by atoms with van der Waals surface area (Å²) in [6.45, 7) is 0.902. The maximum Gasteiger partial charge on any atom is 0.195 e. The van der Waals surface area contributed by atoms with Crippen LogP contribution in [0.15, 0.2) is 0 Å². The number of ether oxygens (including phenoxy) is 1. The minimum Gasteiger partial charge on any atom is -0.378 e. The molecule has 4 nitrogen and oxygen atoms in total. The Kier molecular flexibility index (Phi) is 2.36. The van der Waals surface area contributed by atoms with Crippen LogP contribution in [0.2, 0.25) is 0 Å². The number of hydrogen-bond acceptors (Lipinski definition) is 3. The van der Waals surface area contributed by atoms with E-state index < -0.39 is 0 Å². The zero-order chi connectivity index (χ0) is 10.3. The number of nitrogens with one attached hydrogen (secondary N) is 1. The zero-order valence-corrected chi connectivity index (χ0v) is 9.42. The molecule has 1 aromatic heterocycles. The fourth-order valence-electron chi connectivity index (χ4n) is 2.20. The standard InChI is InChI=1S/C10H15N3OS/c15-10-12-11-9(13(10)7-3-4-7)6-8-2-1-5-14-8/h7-8H,1-6H2,(H,12,15). The molecule has 1 aromatic rings. The summed E-state index contributed by atoms with van der Waals surface area (Å²) in [5, 5.41) is 7.20. The van der Waals surface area contributed by atoms with Crippen LogP contribution in [0, 0.1) is 4.77 Å². The van der Waals surface area contributed by atoms with Gasteiger partial charge in [-0.15, -0.1) is 0 Å². The molecule has 1 saturated carbocycles. The van der Waals surface area contributed by atoms with Crippen LogP contribution in [-0.2, 0) is 11.2 Å². The number of aromatic nitrogens is 3. The van der Waals surface area contributed by atoms with Gasteiger partial charge < -0.3 is 9.30 Å². The molecule has 2 fully saturated rings. The molecule has 2 aliphatic rings. The fraction of sp³-hybridized carbons (Fsp3) is 0.800. The molecule has 0 amide bonds. The van der Waals surface area contributed by atoms with Gasteiger partial charge in [0.2, 0.25) is 0 Å². The van der Waals surface area contributed by atoms with Crippen molar-refractivity contribution in [3.05, 3.63) is 10.6 Å². The fourth-order valence-corrected chi connectivity index (χ4v) is 2.50. The lowest BCUT2D eigenvalue weighted by Gasteiger charge is -2.09. The van der Waals surface area contributed by atoms with Gasteiger partial charge in [-0.05, 0) is 37.9 Å². The molecule has 1 N–H and O–H groups in total. The van der Waals surface area contributed by atoms with Crippen LogP contribution in [0.1, 0.15) is 37.5 Å². The van der Waals surface area contributed by atoms with Crippen molar-refractivity contribution in [2.24, 2.45) is 0 Å². The van der Waals surface area contributed by atoms with Gasteiger partial charge in [-0.1, -0.05) is 0 Å². The molecule has 2 heterocycles. The van der Waals surface area contributed by atoms with Crippen LogP contribution in [0.25, 0.3) is 0 Å². The van der Waals surface area contributed by atoms with Gasteiger partial charge >= 0.3 is 0 Å². The minimum absolute atomic E-state index is 0.354. The second-order valence-corrected chi connectivity index (χ2v) is 4.77. The third kappa shape index (κ3) is 1.86. The molecule has 0 radical (unpaired) electrons. The first-order chi connectivity index (χ1) is 7.34. The number of nitrogens with zero attached hydrogens (tertiary/aromatic N) is 2. The lowest BCUT2D eigenvalue weighted by molar-refractivity contribution is 0.109. The van der Waals surface area contributed by atoms with Crippen molar-refractivity contribution < 1.29 is 4.74 Å². The van der Waals surface area contributed by atoms with Crippen LogP contribution < -0.4 is 0 Å². The van der Waals surface area contributed by atoms with Gasteiger partial charge in [-0.2, -0.15) is 5.10 Å². The van der Waals surface area contributed by atoms with Gasteiger partial charge in [0.25, 0.3) is 0 Å². The molecule has 82 valence electrons. The molecule has 1 saturated heterocycles. The van der Waals surface area contributed by atoms with Gasteiger partial charge in [0.15, 0.2) is 4.77 Å². The molecule has 1 aliphatic carbocycles. The minimum atomic E-state index is 0.354. The molecule has 1 atom stereocenters. The molecule has 3 rings (SSSR count). The van der Waals surface area contributed by atoms with Gasteiger partial charge in [0.1, 0.15) is 5.82 Å². The Morgan fingerprint density at radius 3 is 3.00 bits per heavy atom. The molecule has 0 bridgehead atoms. The van der Waals surface area contributed by atoms with E-state index in [1.807, 2.05) is 0 Å². The smallest absolute Gasteiger partial charge is 0.195 e. The first-order valence-electron chi connectivity index (χ1n) is 5.62. The van der Waals surface area contributed by atoms with Crippen molar-refractivity contribution in [3.63, 3.8) is 0 Å². The molecule has 5 heteroatoms. The van der Waals surface area contributed by atoms with Gasteiger partial charge in [0.05, 0.1) is 6.10 Å². The predicted molar refractivity (Wildman–Crippen MR) is 58.4 cm³/mol. The first kappa shape index (κ1) is 9.54. The third-order valence-electron chi connectivity index (χ3n) is 3.12. The van der Waals surface area contributed by atoms with Crippen LogP contribution in [0.3, 0.4) is 0 Å². The Hall–Kier alpha value is -0.680. The van der Waals surface area contributed by atoms with Crippen molar-refractivity contribution in [2.75, 3.05) is 6.61 Å². The summed E-state index contributed by atoms with van der Waals surface area (Å²) >= 11 is 5.23. The summed E-state index contributed by atoms with van der Waals surface area (Å²) in [7, 11) is 0. The highest BCUT2D eigenvalue weighted by Crippen LogP contribution is 2.36. The van der Waals surface area contributed by atoms with E-state index in [9.17, 15) is 0 Å². The Bertz CT molecular complexity index is 401. The van der Waals surface area contributed by atoms with Crippen molar-refractivity contribution in [1.82, 2.24) is 14.8 Å². The van der Waals surface area contributed by atoms with Crippen LogP contribution in [0.4, 0.5) is 0 Å². The normalized spacial score (nSPS) is 26.0. The topological polar surface area (TPSA) is 42.8 Å². The van der Waals surface area contributed by atoms with Crippen molar-refractivity contribution in [2.45, 2.75) is 44.2 Å². The Morgan fingerprint density at radius 1 is 1.47 bits per heavy atom. The monoisotopic (exact) mass is 225 g/mol. The first-order valence-corrected chi connectivity index (χ1v) is 6.03. The van der Waals surface area contributed by atoms with Crippen molar-refractivity contribution in [3.8, 4) is 0 Å². The van der Waals surface area contributed by atoms with Gasteiger partial charge in [-0.3, -0.25) is 5.10 Å². The van der Waals surface area contributed by atoms with E-state index in [1.165, 1.54) is 19.3 Å². The molecule has 1 aliphatic heterocycles. The summed E-state index contributed by atoms with van der Waals surface area (Å²) in [4.78, 5) is 0. The largest absolute Gasteiger partial charge is 0.378 e. The van der Waals surface area contributed by atoms with E-state index in [-0.39, 0.29) is 0 Å². The van der Waals surface area contributed by atoms with Crippen LogP contribution >= 0.6 is 12.2 Å². The van der Waals surface area contributed by atoms with E-state index in [0.29, 0.717) is 12.1 Å². The number of hydrogen-bond donors (Lipinski definition) is 1. The highest BCUT2D eigenvalue weighted by atomic mass is 32.1.